The van der Waals surface area contributed by atoms with E-state index in [-0.39, 0.29) is 31.1 Å². The molecule has 0 aromatic rings. The Labute approximate surface area is 396 Å². The topological polar surface area (TPSA) is 78.9 Å². The maximum absolute atomic E-state index is 12.7. The highest BCUT2D eigenvalue weighted by atomic mass is 16.6. The van der Waals surface area contributed by atoms with Crippen molar-refractivity contribution in [3.8, 4) is 0 Å². The van der Waals surface area contributed by atoms with Gasteiger partial charge in [-0.25, -0.2) is 0 Å². The lowest BCUT2D eigenvalue weighted by atomic mass is 10.0. The van der Waals surface area contributed by atoms with Crippen molar-refractivity contribution in [3.05, 3.63) is 60.8 Å². The maximum Gasteiger partial charge on any atom is 0.306 e. The largest absolute Gasteiger partial charge is 0.462 e. The van der Waals surface area contributed by atoms with Gasteiger partial charge in [0.2, 0.25) is 0 Å². The Morgan fingerprint density at radius 1 is 0.328 bits per heavy atom. The second-order valence-electron chi connectivity index (χ2n) is 18.1. The van der Waals surface area contributed by atoms with E-state index in [4.69, 9.17) is 14.2 Å². The van der Waals surface area contributed by atoms with Gasteiger partial charge in [-0.1, -0.05) is 248 Å². The molecule has 0 amide bonds. The van der Waals surface area contributed by atoms with Gasteiger partial charge in [0.25, 0.3) is 0 Å². The Hall–Kier alpha value is -2.89. The van der Waals surface area contributed by atoms with Gasteiger partial charge in [-0.15, -0.1) is 0 Å². The molecule has 6 heteroatoms. The van der Waals surface area contributed by atoms with Crippen molar-refractivity contribution in [2.45, 2.75) is 277 Å². The van der Waals surface area contributed by atoms with Gasteiger partial charge in [0.05, 0.1) is 0 Å². The van der Waals surface area contributed by atoms with Crippen molar-refractivity contribution >= 4 is 17.9 Å². The third-order valence-corrected chi connectivity index (χ3v) is 11.8. The van der Waals surface area contributed by atoms with Crippen LogP contribution in [-0.2, 0) is 28.6 Å². The summed E-state index contributed by atoms with van der Waals surface area (Å²) in [7, 11) is 0. The van der Waals surface area contributed by atoms with Gasteiger partial charge in [0.1, 0.15) is 13.2 Å². The minimum Gasteiger partial charge on any atom is -0.462 e. The van der Waals surface area contributed by atoms with Crippen molar-refractivity contribution in [3.63, 3.8) is 0 Å². The molecule has 0 N–H and O–H groups in total. The molecule has 0 rings (SSSR count). The third-order valence-electron chi connectivity index (χ3n) is 11.8. The fraction of sp³-hybridized carbons (Fsp3) is 0.776. The quantitative estimate of drug-likeness (QED) is 0.0262. The molecule has 0 aliphatic rings. The molecular formula is C58H102O6. The highest BCUT2D eigenvalue weighted by molar-refractivity contribution is 5.71. The zero-order valence-electron chi connectivity index (χ0n) is 42.3. The summed E-state index contributed by atoms with van der Waals surface area (Å²) in [6, 6.07) is 0. The minimum absolute atomic E-state index is 0.0712. The molecule has 0 bridgehead atoms. The Balaban J connectivity index is 4.12. The number of ether oxygens (including phenoxy) is 3. The lowest BCUT2D eigenvalue weighted by molar-refractivity contribution is -0.167. The van der Waals surface area contributed by atoms with Gasteiger partial charge in [0, 0.05) is 19.3 Å². The van der Waals surface area contributed by atoms with Crippen LogP contribution in [0.25, 0.3) is 0 Å². The maximum atomic E-state index is 12.7. The summed E-state index contributed by atoms with van der Waals surface area (Å²) in [5.74, 6) is -0.872. The standard InChI is InChI=1S/C58H102O6/c1-4-7-10-13-16-19-21-22-23-24-25-26-27-28-29-30-31-32-33-34-35-36-38-39-42-45-48-51-57(60)63-54-55(53-62-56(59)50-47-44-41-18-15-12-9-6-3)64-58(61)52-49-46-43-40-37-20-17-14-11-8-5-2/h7,10,16,19,22-23,25-26,28-29,55H,4-6,8-9,11-15,17-18,20-21,24,27,30-54H2,1-3H3/b10-7-,19-16-,23-22-,26-25-,29-28-. The smallest absolute Gasteiger partial charge is 0.306 e. The lowest BCUT2D eigenvalue weighted by Crippen LogP contribution is -2.30. The Kier molecular flexibility index (Phi) is 50.4. The molecule has 0 aliphatic heterocycles. The van der Waals surface area contributed by atoms with Crippen molar-refractivity contribution in [2.75, 3.05) is 13.2 Å². The lowest BCUT2D eigenvalue weighted by Gasteiger charge is -2.18. The van der Waals surface area contributed by atoms with Crippen LogP contribution in [0.1, 0.15) is 271 Å². The highest BCUT2D eigenvalue weighted by Crippen LogP contribution is 2.16. The van der Waals surface area contributed by atoms with Crippen molar-refractivity contribution in [1.29, 1.82) is 0 Å². The summed E-state index contributed by atoms with van der Waals surface area (Å²) < 4.78 is 16.7. The van der Waals surface area contributed by atoms with Crippen LogP contribution in [-0.4, -0.2) is 37.2 Å². The summed E-state index contributed by atoms with van der Waals surface area (Å²) in [6.07, 6.45) is 65.1. The van der Waals surface area contributed by atoms with Crippen LogP contribution in [0.3, 0.4) is 0 Å². The summed E-state index contributed by atoms with van der Waals surface area (Å²) >= 11 is 0. The Bertz CT molecular complexity index is 1170. The number of hydrogen-bond donors (Lipinski definition) is 0. The SMILES string of the molecule is CC/C=C\C/C=C\C/C=C\C/C=C\C/C=C\CCCCCCCCCCCCCC(=O)OCC(COC(=O)CCCCCCCCCC)OC(=O)CCCCCCCCCCCCC. The van der Waals surface area contributed by atoms with E-state index in [1.165, 1.54) is 141 Å². The van der Waals surface area contributed by atoms with E-state index >= 15 is 0 Å². The summed E-state index contributed by atoms with van der Waals surface area (Å²) in [5, 5.41) is 0. The molecule has 0 aromatic carbocycles. The van der Waals surface area contributed by atoms with Crippen LogP contribution < -0.4 is 0 Å². The zero-order chi connectivity index (χ0) is 46.5. The van der Waals surface area contributed by atoms with Crippen LogP contribution in [0.2, 0.25) is 0 Å². The molecule has 6 nitrogen and oxygen atoms in total. The fourth-order valence-electron chi connectivity index (χ4n) is 7.70. The van der Waals surface area contributed by atoms with Gasteiger partial charge in [0.15, 0.2) is 6.10 Å². The van der Waals surface area contributed by atoms with E-state index < -0.39 is 6.10 Å². The minimum atomic E-state index is -0.768. The van der Waals surface area contributed by atoms with E-state index in [1.807, 2.05) is 0 Å². The Morgan fingerprint density at radius 3 is 0.953 bits per heavy atom. The summed E-state index contributed by atoms with van der Waals surface area (Å²) in [6.45, 7) is 6.50. The van der Waals surface area contributed by atoms with Gasteiger partial charge >= 0.3 is 17.9 Å². The molecule has 1 atom stereocenters. The summed E-state index contributed by atoms with van der Waals surface area (Å²) in [4.78, 5) is 37.8. The first-order chi connectivity index (χ1) is 31.5. The van der Waals surface area contributed by atoms with E-state index in [0.717, 1.165) is 89.9 Å². The van der Waals surface area contributed by atoms with E-state index in [1.54, 1.807) is 0 Å². The Morgan fingerprint density at radius 2 is 0.609 bits per heavy atom. The number of hydrogen-bond acceptors (Lipinski definition) is 6. The predicted molar refractivity (Wildman–Crippen MR) is 275 cm³/mol. The molecule has 0 saturated carbocycles. The molecule has 370 valence electrons. The third kappa shape index (κ3) is 50.1. The molecular weight excluding hydrogens is 793 g/mol. The molecule has 0 saturated heterocycles. The molecule has 0 heterocycles. The second kappa shape index (κ2) is 52.7. The van der Waals surface area contributed by atoms with Crippen LogP contribution in [0.4, 0.5) is 0 Å². The highest BCUT2D eigenvalue weighted by Gasteiger charge is 2.19. The number of esters is 3. The van der Waals surface area contributed by atoms with Gasteiger partial charge in [-0.3, -0.25) is 14.4 Å². The molecule has 0 radical (unpaired) electrons. The normalized spacial score (nSPS) is 12.5. The molecule has 1 unspecified atom stereocenters. The second-order valence-corrected chi connectivity index (χ2v) is 18.1. The van der Waals surface area contributed by atoms with Gasteiger partial charge < -0.3 is 14.2 Å². The predicted octanol–water partition coefficient (Wildman–Crippen LogP) is 18.0. The van der Waals surface area contributed by atoms with Crippen molar-refractivity contribution < 1.29 is 28.6 Å². The molecule has 64 heavy (non-hydrogen) atoms. The van der Waals surface area contributed by atoms with Gasteiger partial charge in [-0.2, -0.15) is 0 Å². The number of carbonyl (C=O) groups excluding carboxylic acids is 3. The molecule has 0 spiro atoms. The monoisotopic (exact) mass is 895 g/mol. The number of unbranched alkanes of at least 4 members (excludes halogenated alkanes) is 28. The number of rotatable bonds is 49. The van der Waals surface area contributed by atoms with Crippen molar-refractivity contribution in [1.82, 2.24) is 0 Å². The van der Waals surface area contributed by atoms with Crippen LogP contribution in [0.15, 0.2) is 60.8 Å². The van der Waals surface area contributed by atoms with E-state index in [9.17, 15) is 14.4 Å². The van der Waals surface area contributed by atoms with Crippen LogP contribution in [0, 0.1) is 0 Å². The number of allylic oxidation sites excluding steroid dienone is 10. The fourth-order valence-corrected chi connectivity index (χ4v) is 7.70. The summed E-state index contributed by atoms with van der Waals surface area (Å²) in [5.41, 5.74) is 0. The van der Waals surface area contributed by atoms with Crippen LogP contribution in [0.5, 0.6) is 0 Å². The first-order valence-electron chi connectivity index (χ1n) is 27.3. The first kappa shape index (κ1) is 61.1. The first-order valence-corrected chi connectivity index (χ1v) is 27.3. The van der Waals surface area contributed by atoms with E-state index in [2.05, 4.69) is 81.5 Å². The van der Waals surface area contributed by atoms with Crippen molar-refractivity contribution in [2.24, 2.45) is 0 Å². The molecule has 0 fully saturated rings. The zero-order valence-corrected chi connectivity index (χ0v) is 42.3. The van der Waals surface area contributed by atoms with Gasteiger partial charge in [-0.05, 0) is 64.2 Å². The molecule has 0 aromatic heterocycles. The number of carbonyl (C=O) groups is 3. The van der Waals surface area contributed by atoms with E-state index in [0.29, 0.717) is 19.3 Å². The average Bonchev–Trinajstić information content (AvgIpc) is 3.29. The average molecular weight is 895 g/mol. The van der Waals surface area contributed by atoms with Crippen LogP contribution >= 0.6 is 0 Å². The molecule has 0 aliphatic carbocycles.